The van der Waals surface area contributed by atoms with E-state index in [2.05, 4.69) is 6.58 Å². The van der Waals surface area contributed by atoms with Gasteiger partial charge in [-0.2, -0.15) is 0 Å². The molecular formula is C8H17NO2. The van der Waals surface area contributed by atoms with Gasteiger partial charge in [-0.05, 0) is 0 Å². The molecule has 0 aliphatic carbocycles. The first-order chi connectivity index (χ1) is 5.06. The molecule has 0 fully saturated rings. The van der Waals surface area contributed by atoms with Gasteiger partial charge < -0.3 is 14.6 Å². The Morgan fingerprint density at radius 3 is 2.64 bits per heavy atom. The fourth-order valence-electron chi connectivity index (χ4n) is 0.714. The highest BCUT2D eigenvalue weighted by molar-refractivity contribution is 4.63. The molecule has 0 rings (SSSR count). The van der Waals surface area contributed by atoms with Crippen molar-refractivity contribution >= 4 is 0 Å². The quantitative estimate of drug-likeness (QED) is 0.252. The van der Waals surface area contributed by atoms with Gasteiger partial charge in [-0.25, -0.2) is 0 Å². The molecule has 0 saturated carbocycles. The van der Waals surface area contributed by atoms with Crippen LogP contribution in [0.2, 0.25) is 0 Å². The highest BCUT2D eigenvalue weighted by Gasteiger charge is 1.99. The maximum absolute atomic E-state index is 11.0. The van der Waals surface area contributed by atoms with Crippen LogP contribution in [0, 0.1) is 5.21 Å². The Hall–Kier alpha value is -0.380. The molecule has 0 N–H and O–H groups in total. The van der Waals surface area contributed by atoms with Gasteiger partial charge in [0.15, 0.2) is 0 Å². The summed E-state index contributed by atoms with van der Waals surface area (Å²) in [5.41, 5.74) is 0. The van der Waals surface area contributed by atoms with Crippen LogP contribution >= 0.6 is 0 Å². The highest BCUT2D eigenvalue weighted by Crippen LogP contribution is 1.95. The molecule has 0 aliphatic rings. The van der Waals surface area contributed by atoms with E-state index < -0.39 is 0 Å². The van der Waals surface area contributed by atoms with Crippen LogP contribution in [0.25, 0.3) is 0 Å². The molecule has 3 nitrogen and oxygen atoms in total. The molecular weight excluding hydrogens is 142 g/mol. The van der Waals surface area contributed by atoms with E-state index in [1.54, 1.807) is 20.2 Å². The van der Waals surface area contributed by atoms with Crippen LogP contribution in [-0.4, -0.2) is 38.5 Å². The van der Waals surface area contributed by atoms with Gasteiger partial charge in [0.25, 0.3) is 0 Å². The Morgan fingerprint density at radius 2 is 2.18 bits per heavy atom. The molecule has 0 aromatic carbocycles. The summed E-state index contributed by atoms with van der Waals surface area (Å²) in [5, 5.41) is 11.0. The lowest BCUT2D eigenvalue weighted by Crippen LogP contribution is -2.33. The lowest BCUT2D eigenvalue weighted by molar-refractivity contribution is -0.840. The van der Waals surface area contributed by atoms with E-state index in [9.17, 15) is 5.21 Å². The molecule has 0 aliphatic heterocycles. The minimum absolute atomic E-state index is 0.239. The molecule has 11 heavy (non-hydrogen) atoms. The second kappa shape index (κ2) is 5.29. The summed E-state index contributed by atoms with van der Waals surface area (Å²) in [4.78, 5) is 0. The zero-order valence-corrected chi connectivity index (χ0v) is 7.38. The van der Waals surface area contributed by atoms with E-state index in [1.807, 2.05) is 0 Å². The second-order valence-electron chi connectivity index (χ2n) is 3.01. The van der Waals surface area contributed by atoms with E-state index in [0.717, 1.165) is 6.42 Å². The molecule has 0 radical (unpaired) electrons. The molecule has 0 atom stereocenters. The fraction of sp³-hybridized carbons (Fsp3) is 0.750. The number of hydroxylamine groups is 3. The van der Waals surface area contributed by atoms with E-state index in [1.165, 1.54) is 0 Å². The summed E-state index contributed by atoms with van der Waals surface area (Å²) in [6.45, 7) is 5.35. The minimum atomic E-state index is -0.239. The maximum atomic E-state index is 11.0. The SMILES string of the molecule is C=CCOCCC[N+](C)(C)[O-]. The average Bonchev–Trinajstić information content (AvgIpc) is 1.85. The van der Waals surface area contributed by atoms with Crippen molar-refractivity contribution in [2.75, 3.05) is 33.9 Å². The molecule has 0 saturated heterocycles. The third-order valence-electron chi connectivity index (χ3n) is 1.22. The highest BCUT2D eigenvalue weighted by atomic mass is 16.5. The van der Waals surface area contributed by atoms with Crippen LogP contribution in [0.3, 0.4) is 0 Å². The van der Waals surface area contributed by atoms with Crippen molar-refractivity contribution in [3.63, 3.8) is 0 Å². The summed E-state index contributed by atoms with van der Waals surface area (Å²) in [6.07, 6.45) is 2.52. The first-order valence-electron chi connectivity index (χ1n) is 3.79. The lowest BCUT2D eigenvalue weighted by atomic mass is 10.4. The average molecular weight is 159 g/mol. The van der Waals surface area contributed by atoms with Gasteiger partial charge in [0, 0.05) is 6.42 Å². The minimum Gasteiger partial charge on any atom is -0.633 e. The van der Waals surface area contributed by atoms with Gasteiger partial charge in [-0.1, -0.05) is 6.08 Å². The number of rotatable bonds is 6. The predicted molar refractivity (Wildman–Crippen MR) is 46.0 cm³/mol. The molecule has 0 aromatic rings. The summed E-state index contributed by atoms with van der Waals surface area (Å²) in [7, 11) is 3.26. The molecule has 0 amide bonds. The molecule has 3 heteroatoms. The Kier molecular flexibility index (Phi) is 5.11. The first-order valence-corrected chi connectivity index (χ1v) is 3.79. The molecule has 0 heterocycles. The van der Waals surface area contributed by atoms with Gasteiger partial charge in [-0.15, -0.1) is 6.58 Å². The third-order valence-corrected chi connectivity index (χ3v) is 1.22. The maximum Gasteiger partial charge on any atom is 0.0802 e. The van der Waals surface area contributed by atoms with E-state index in [-0.39, 0.29) is 4.65 Å². The largest absolute Gasteiger partial charge is 0.633 e. The smallest absolute Gasteiger partial charge is 0.0802 e. The number of nitrogens with zero attached hydrogens (tertiary/aromatic N) is 1. The lowest BCUT2D eigenvalue weighted by Gasteiger charge is -2.33. The van der Waals surface area contributed by atoms with Gasteiger partial charge in [-0.3, -0.25) is 0 Å². The fourth-order valence-corrected chi connectivity index (χ4v) is 0.714. The molecule has 0 aromatic heterocycles. The summed E-state index contributed by atoms with van der Waals surface area (Å²) in [6, 6.07) is 0. The van der Waals surface area contributed by atoms with Crippen molar-refractivity contribution < 1.29 is 9.38 Å². The third kappa shape index (κ3) is 9.62. The van der Waals surface area contributed by atoms with Crippen molar-refractivity contribution in [3.8, 4) is 0 Å². The summed E-state index contributed by atoms with van der Waals surface area (Å²) >= 11 is 0. The monoisotopic (exact) mass is 159 g/mol. The van der Waals surface area contributed by atoms with Crippen molar-refractivity contribution in [3.05, 3.63) is 17.9 Å². The zero-order chi connectivity index (χ0) is 8.74. The van der Waals surface area contributed by atoms with Crippen LogP contribution in [0.15, 0.2) is 12.7 Å². The molecule has 0 bridgehead atoms. The Labute approximate surface area is 68.4 Å². The summed E-state index contributed by atoms with van der Waals surface area (Å²) in [5.74, 6) is 0. The van der Waals surface area contributed by atoms with E-state index in [0.29, 0.717) is 19.8 Å². The molecule has 0 spiro atoms. The van der Waals surface area contributed by atoms with Crippen molar-refractivity contribution in [1.82, 2.24) is 0 Å². The Balaban J connectivity index is 3.08. The van der Waals surface area contributed by atoms with Crippen LogP contribution in [0.5, 0.6) is 0 Å². The van der Waals surface area contributed by atoms with Gasteiger partial charge in [0.1, 0.15) is 0 Å². The van der Waals surface area contributed by atoms with Crippen molar-refractivity contribution in [2.24, 2.45) is 0 Å². The number of hydrogen-bond donors (Lipinski definition) is 0. The first kappa shape index (κ1) is 10.6. The van der Waals surface area contributed by atoms with Gasteiger partial charge in [0.2, 0.25) is 0 Å². The van der Waals surface area contributed by atoms with E-state index in [4.69, 9.17) is 4.74 Å². The topological polar surface area (TPSA) is 32.3 Å². The number of quaternary nitrogens is 1. The standard InChI is InChI=1S/C8H17NO2/c1-4-7-11-8-5-6-9(2,3)10/h4H,1,5-8H2,2-3H3. The van der Waals surface area contributed by atoms with Crippen LogP contribution < -0.4 is 0 Å². The molecule has 0 unspecified atom stereocenters. The van der Waals surface area contributed by atoms with Crippen molar-refractivity contribution in [1.29, 1.82) is 0 Å². The zero-order valence-electron chi connectivity index (χ0n) is 7.38. The Bertz CT molecular complexity index is 107. The molecule has 66 valence electrons. The predicted octanol–water partition coefficient (Wildman–Crippen LogP) is 1.15. The Morgan fingerprint density at radius 1 is 1.55 bits per heavy atom. The van der Waals surface area contributed by atoms with Crippen molar-refractivity contribution in [2.45, 2.75) is 6.42 Å². The normalized spacial score (nSPS) is 11.5. The number of hydrogen-bond acceptors (Lipinski definition) is 2. The number of ether oxygens (including phenoxy) is 1. The van der Waals surface area contributed by atoms with Gasteiger partial charge >= 0.3 is 0 Å². The van der Waals surface area contributed by atoms with Gasteiger partial charge in [0.05, 0.1) is 33.9 Å². The van der Waals surface area contributed by atoms with Crippen LogP contribution in [0.4, 0.5) is 0 Å². The summed E-state index contributed by atoms with van der Waals surface area (Å²) < 4.78 is 4.87. The van der Waals surface area contributed by atoms with Crippen LogP contribution in [-0.2, 0) is 4.74 Å². The second-order valence-corrected chi connectivity index (χ2v) is 3.01. The van der Waals surface area contributed by atoms with Crippen LogP contribution in [0.1, 0.15) is 6.42 Å². The van der Waals surface area contributed by atoms with E-state index >= 15 is 0 Å².